The molecule has 0 bridgehead atoms. The molecular weight excluding hydrogens is 190 g/mol. The van der Waals surface area contributed by atoms with Crippen LogP contribution >= 0.6 is 0 Å². The summed E-state index contributed by atoms with van der Waals surface area (Å²) in [5.74, 6) is 0.0450. The number of epoxide rings is 1. The highest BCUT2D eigenvalue weighted by Gasteiger charge is 2.61. The average molecular weight is 201 g/mol. The van der Waals surface area contributed by atoms with Crippen molar-refractivity contribution in [2.24, 2.45) is 0 Å². The Morgan fingerprint density at radius 1 is 1.53 bits per heavy atom. The number of anilines is 1. The number of carbonyl (C=O) groups excluding carboxylic acids is 1. The van der Waals surface area contributed by atoms with Crippen LogP contribution in [0.5, 0.6) is 0 Å². The Morgan fingerprint density at radius 2 is 2.27 bits per heavy atom. The molecule has 1 unspecified atom stereocenters. The van der Waals surface area contributed by atoms with Crippen molar-refractivity contribution in [1.82, 2.24) is 0 Å². The molecule has 3 rings (SSSR count). The summed E-state index contributed by atoms with van der Waals surface area (Å²) in [4.78, 5) is 13.8. The predicted octanol–water partition coefficient (Wildman–Crippen LogP) is 1.44. The van der Waals surface area contributed by atoms with Crippen molar-refractivity contribution in [2.75, 3.05) is 18.1 Å². The molecule has 0 N–H and O–H groups in total. The summed E-state index contributed by atoms with van der Waals surface area (Å²) < 4.78 is 5.35. The van der Waals surface area contributed by atoms with Crippen LogP contribution in [0.15, 0.2) is 36.9 Å². The first-order chi connectivity index (χ1) is 7.29. The molecule has 2 aliphatic rings. The van der Waals surface area contributed by atoms with E-state index < -0.39 is 5.60 Å². The molecule has 3 nitrogen and oxygen atoms in total. The number of para-hydroxylation sites is 1. The molecule has 1 saturated heterocycles. The van der Waals surface area contributed by atoms with Gasteiger partial charge in [-0.15, -0.1) is 6.58 Å². The first kappa shape index (κ1) is 8.68. The Hall–Kier alpha value is -1.61. The second-order valence-corrected chi connectivity index (χ2v) is 3.84. The number of nitrogens with zero attached hydrogens (tertiary/aromatic N) is 1. The second-order valence-electron chi connectivity index (χ2n) is 3.84. The number of ether oxygens (including phenoxy) is 1. The van der Waals surface area contributed by atoms with Crippen molar-refractivity contribution in [3.8, 4) is 0 Å². The Labute approximate surface area is 88.0 Å². The molecule has 2 heterocycles. The van der Waals surface area contributed by atoms with Crippen LogP contribution in [-0.2, 0) is 15.1 Å². The van der Waals surface area contributed by atoms with Gasteiger partial charge in [0.2, 0.25) is 0 Å². The van der Waals surface area contributed by atoms with E-state index in [0.717, 1.165) is 11.3 Å². The highest BCUT2D eigenvalue weighted by molar-refractivity contribution is 6.08. The zero-order valence-corrected chi connectivity index (χ0v) is 8.27. The number of hydrogen-bond acceptors (Lipinski definition) is 2. The van der Waals surface area contributed by atoms with Crippen LogP contribution < -0.4 is 4.90 Å². The normalized spacial score (nSPS) is 26.9. The number of hydrogen-bond donors (Lipinski definition) is 0. The van der Waals surface area contributed by atoms with Crippen LogP contribution in [-0.4, -0.2) is 19.1 Å². The largest absolute Gasteiger partial charge is 0.354 e. The average Bonchev–Trinajstić information content (AvgIpc) is 3.02. The molecule has 1 aromatic carbocycles. The lowest BCUT2D eigenvalue weighted by Crippen LogP contribution is -2.32. The van der Waals surface area contributed by atoms with Gasteiger partial charge in [0.25, 0.3) is 5.91 Å². The maximum Gasteiger partial charge on any atom is 0.266 e. The van der Waals surface area contributed by atoms with Gasteiger partial charge in [-0.25, -0.2) is 0 Å². The lowest BCUT2D eigenvalue weighted by Gasteiger charge is -2.14. The second kappa shape index (κ2) is 2.70. The minimum absolute atomic E-state index is 0.0450. The molecule has 0 radical (unpaired) electrons. The SMILES string of the molecule is C=CCN1C(=O)C2(CO2)c2ccccc21. The third-order valence-corrected chi connectivity index (χ3v) is 2.97. The molecule has 3 heteroatoms. The van der Waals surface area contributed by atoms with Crippen molar-refractivity contribution >= 4 is 11.6 Å². The van der Waals surface area contributed by atoms with Crippen LogP contribution in [0.25, 0.3) is 0 Å². The van der Waals surface area contributed by atoms with Crippen molar-refractivity contribution in [1.29, 1.82) is 0 Å². The van der Waals surface area contributed by atoms with Crippen molar-refractivity contribution in [3.05, 3.63) is 42.5 Å². The summed E-state index contributed by atoms with van der Waals surface area (Å²) in [6.07, 6.45) is 1.73. The molecule has 1 atom stereocenters. The fraction of sp³-hybridized carbons (Fsp3) is 0.250. The van der Waals surface area contributed by atoms with E-state index in [1.165, 1.54) is 0 Å². The Morgan fingerprint density at radius 3 is 2.93 bits per heavy atom. The van der Waals surface area contributed by atoms with Crippen molar-refractivity contribution < 1.29 is 9.53 Å². The van der Waals surface area contributed by atoms with E-state index in [-0.39, 0.29) is 5.91 Å². The van der Waals surface area contributed by atoms with Crippen molar-refractivity contribution in [2.45, 2.75) is 5.60 Å². The molecule has 0 aromatic heterocycles. The van der Waals surface area contributed by atoms with E-state index >= 15 is 0 Å². The van der Waals surface area contributed by atoms with Gasteiger partial charge < -0.3 is 9.64 Å². The fourth-order valence-corrected chi connectivity index (χ4v) is 2.15. The molecule has 1 aromatic rings. The summed E-state index contributed by atoms with van der Waals surface area (Å²) >= 11 is 0. The molecule has 1 spiro atoms. The van der Waals surface area contributed by atoms with Gasteiger partial charge in [-0.2, -0.15) is 0 Å². The van der Waals surface area contributed by atoms with Crippen LogP contribution in [0.4, 0.5) is 5.69 Å². The lowest BCUT2D eigenvalue weighted by atomic mass is 10.0. The number of rotatable bonds is 2. The van der Waals surface area contributed by atoms with Gasteiger partial charge in [0.15, 0.2) is 5.60 Å². The number of amides is 1. The Bertz CT molecular complexity index is 449. The summed E-state index contributed by atoms with van der Waals surface area (Å²) in [5.41, 5.74) is 1.30. The first-order valence-electron chi connectivity index (χ1n) is 4.96. The van der Waals surface area contributed by atoms with Gasteiger partial charge >= 0.3 is 0 Å². The van der Waals surface area contributed by atoms with E-state index in [2.05, 4.69) is 6.58 Å². The van der Waals surface area contributed by atoms with Gasteiger partial charge in [0, 0.05) is 12.1 Å². The summed E-state index contributed by atoms with van der Waals surface area (Å²) in [5, 5.41) is 0. The topological polar surface area (TPSA) is 32.8 Å². The number of carbonyl (C=O) groups is 1. The summed E-state index contributed by atoms with van der Waals surface area (Å²) in [6, 6.07) is 7.78. The van der Waals surface area contributed by atoms with Gasteiger partial charge in [-0.1, -0.05) is 24.3 Å². The highest BCUT2D eigenvalue weighted by atomic mass is 16.6. The quantitative estimate of drug-likeness (QED) is 0.536. The first-order valence-corrected chi connectivity index (χ1v) is 4.96. The standard InChI is InChI=1S/C12H11NO2/c1-2-7-13-10-6-4-3-5-9(10)12(8-15-12)11(13)14/h2-6H,1,7-8H2. The van der Waals surface area contributed by atoms with E-state index in [4.69, 9.17) is 4.74 Å². The lowest BCUT2D eigenvalue weighted by molar-refractivity contribution is -0.122. The van der Waals surface area contributed by atoms with E-state index in [1.807, 2.05) is 24.3 Å². The fourth-order valence-electron chi connectivity index (χ4n) is 2.15. The molecule has 0 aliphatic carbocycles. The Kier molecular flexibility index (Phi) is 1.56. The maximum absolute atomic E-state index is 12.1. The molecular formula is C12H11NO2. The summed E-state index contributed by atoms with van der Waals surface area (Å²) in [7, 11) is 0. The van der Waals surface area contributed by atoms with Crippen LogP contribution in [0.3, 0.4) is 0 Å². The van der Waals surface area contributed by atoms with Crippen LogP contribution in [0.1, 0.15) is 5.56 Å². The highest BCUT2D eigenvalue weighted by Crippen LogP contribution is 2.50. The van der Waals surface area contributed by atoms with E-state index in [9.17, 15) is 4.79 Å². The molecule has 15 heavy (non-hydrogen) atoms. The smallest absolute Gasteiger partial charge is 0.266 e. The third-order valence-electron chi connectivity index (χ3n) is 2.97. The van der Waals surface area contributed by atoms with Gasteiger partial charge in [-0.05, 0) is 6.07 Å². The number of benzene rings is 1. The van der Waals surface area contributed by atoms with Crippen molar-refractivity contribution in [3.63, 3.8) is 0 Å². The summed E-state index contributed by atoms with van der Waals surface area (Å²) in [6.45, 7) is 4.72. The molecule has 1 fully saturated rings. The molecule has 2 aliphatic heterocycles. The number of fused-ring (bicyclic) bond motifs is 2. The van der Waals surface area contributed by atoms with E-state index in [0.29, 0.717) is 13.2 Å². The third kappa shape index (κ3) is 0.957. The minimum atomic E-state index is -0.653. The van der Waals surface area contributed by atoms with Gasteiger partial charge in [0.1, 0.15) is 0 Å². The zero-order chi connectivity index (χ0) is 10.5. The van der Waals surface area contributed by atoms with Crippen LogP contribution in [0.2, 0.25) is 0 Å². The van der Waals surface area contributed by atoms with Gasteiger partial charge in [0.05, 0.1) is 12.3 Å². The minimum Gasteiger partial charge on any atom is -0.354 e. The Balaban J connectivity index is 2.15. The van der Waals surface area contributed by atoms with Crippen LogP contribution in [0, 0.1) is 0 Å². The maximum atomic E-state index is 12.1. The predicted molar refractivity (Wildman–Crippen MR) is 56.6 cm³/mol. The van der Waals surface area contributed by atoms with E-state index in [1.54, 1.807) is 11.0 Å². The zero-order valence-electron chi connectivity index (χ0n) is 8.27. The monoisotopic (exact) mass is 201 g/mol. The van der Waals surface area contributed by atoms with Gasteiger partial charge in [-0.3, -0.25) is 4.79 Å². The molecule has 1 amide bonds. The molecule has 0 saturated carbocycles. The molecule has 76 valence electrons.